The van der Waals surface area contributed by atoms with E-state index in [4.69, 9.17) is 11.6 Å². The second kappa shape index (κ2) is 6.56. The van der Waals surface area contributed by atoms with Crippen LogP contribution < -0.4 is 5.32 Å². The van der Waals surface area contributed by atoms with Crippen LogP contribution in [-0.2, 0) is 6.54 Å². The Labute approximate surface area is 134 Å². The minimum Gasteiger partial charge on any atom is -0.372 e. The lowest BCUT2D eigenvalue weighted by Gasteiger charge is -2.16. The molecule has 0 unspecified atom stereocenters. The van der Waals surface area contributed by atoms with Crippen molar-refractivity contribution in [3.8, 4) is 0 Å². The molecule has 0 saturated carbocycles. The average Bonchev–Trinajstić information content (AvgIpc) is 2.83. The Balaban J connectivity index is 2.12. The number of halogens is 2. The van der Waals surface area contributed by atoms with E-state index < -0.39 is 0 Å². The van der Waals surface area contributed by atoms with Gasteiger partial charge in [-0.2, -0.15) is 0 Å². The van der Waals surface area contributed by atoms with Crippen molar-refractivity contribution in [2.75, 3.05) is 19.4 Å². The molecule has 2 rings (SSSR count). The Morgan fingerprint density at radius 1 is 1.55 bits per heavy atom. The fraction of sp³-hybridized carbons (Fsp3) is 0.231. The number of nitrogens with zero attached hydrogens (tertiary/aromatic N) is 2. The SMILES string of the molecule is CNc1ncc(C(=O)N(C)Cc2csc(Br)c2)cc1Cl. The first-order valence-corrected chi connectivity index (χ1v) is 7.88. The molecule has 1 amide bonds. The van der Waals surface area contributed by atoms with E-state index in [-0.39, 0.29) is 5.91 Å². The molecule has 0 spiro atoms. The predicted molar refractivity (Wildman–Crippen MR) is 86.6 cm³/mol. The van der Waals surface area contributed by atoms with Gasteiger partial charge in [-0.1, -0.05) is 11.6 Å². The average molecular weight is 375 g/mol. The molecule has 106 valence electrons. The number of amides is 1. The van der Waals surface area contributed by atoms with E-state index in [1.54, 1.807) is 36.4 Å². The molecule has 2 heterocycles. The number of pyridine rings is 1. The van der Waals surface area contributed by atoms with Gasteiger partial charge in [0.05, 0.1) is 14.4 Å². The van der Waals surface area contributed by atoms with Crippen LogP contribution in [0.15, 0.2) is 27.5 Å². The minimum atomic E-state index is -0.107. The molecule has 1 N–H and O–H groups in total. The zero-order chi connectivity index (χ0) is 14.7. The highest BCUT2D eigenvalue weighted by Crippen LogP contribution is 2.23. The molecule has 0 fully saturated rings. The molecule has 0 atom stereocenters. The first kappa shape index (κ1) is 15.3. The standard InChI is InChI=1S/C13H13BrClN3OS/c1-16-12-10(15)4-9(5-17-12)13(19)18(2)6-8-3-11(14)20-7-8/h3-5,7H,6H2,1-2H3,(H,16,17). The molecule has 20 heavy (non-hydrogen) atoms. The Morgan fingerprint density at radius 3 is 2.85 bits per heavy atom. The quantitative estimate of drug-likeness (QED) is 0.883. The lowest BCUT2D eigenvalue weighted by Crippen LogP contribution is -2.26. The summed E-state index contributed by atoms with van der Waals surface area (Å²) in [7, 11) is 3.49. The minimum absolute atomic E-state index is 0.107. The lowest BCUT2D eigenvalue weighted by molar-refractivity contribution is 0.0785. The second-order valence-corrected chi connectivity index (χ2v) is 6.92. The van der Waals surface area contributed by atoms with Gasteiger partial charge in [-0.3, -0.25) is 4.79 Å². The maximum atomic E-state index is 12.3. The molecule has 0 aliphatic rings. The summed E-state index contributed by atoms with van der Waals surface area (Å²) in [4.78, 5) is 18.1. The van der Waals surface area contributed by atoms with Gasteiger partial charge in [-0.25, -0.2) is 4.98 Å². The van der Waals surface area contributed by atoms with Gasteiger partial charge in [0.25, 0.3) is 5.91 Å². The number of carbonyl (C=O) groups excluding carboxylic acids is 1. The maximum absolute atomic E-state index is 12.3. The third-order valence-electron chi connectivity index (χ3n) is 2.71. The highest BCUT2D eigenvalue weighted by Gasteiger charge is 2.14. The molecule has 0 aliphatic carbocycles. The van der Waals surface area contributed by atoms with E-state index in [0.717, 1.165) is 9.35 Å². The number of thiophene rings is 1. The molecular formula is C13H13BrClN3OS. The van der Waals surface area contributed by atoms with E-state index in [1.807, 2.05) is 11.4 Å². The van der Waals surface area contributed by atoms with E-state index in [9.17, 15) is 4.79 Å². The molecule has 0 saturated heterocycles. The molecule has 4 nitrogen and oxygen atoms in total. The monoisotopic (exact) mass is 373 g/mol. The number of aromatic nitrogens is 1. The highest BCUT2D eigenvalue weighted by atomic mass is 79.9. The van der Waals surface area contributed by atoms with E-state index in [2.05, 4.69) is 26.2 Å². The molecular weight excluding hydrogens is 362 g/mol. The van der Waals surface area contributed by atoms with Crippen LogP contribution in [0.5, 0.6) is 0 Å². The predicted octanol–water partition coefficient (Wildman–Crippen LogP) is 3.87. The van der Waals surface area contributed by atoms with Crippen molar-refractivity contribution in [1.82, 2.24) is 9.88 Å². The number of carbonyl (C=O) groups is 1. The van der Waals surface area contributed by atoms with Crippen molar-refractivity contribution in [1.29, 1.82) is 0 Å². The van der Waals surface area contributed by atoms with Gasteiger partial charge in [0.2, 0.25) is 0 Å². The Kier molecular flexibility index (Phi) is 5.01. The summed E-state index contributed by atoms with van der Waals surface area (Å²) < 4.78 is 1.05. The number of rotatable bonds is 4. The summed E-state index contributed by atoms with van der Waals surface area (Å²) in [6.07, 6.45) is 1.53. The van der Waals surface area contributed by atoms with Crippen LogP contribution >= 0.6 is 38.9 Å². The molecule has 0 bridgehead atoms. The van der Waals surface area contributed by atoms with Crippen molar-refractivity contribution in [3.05, 3.63) is 43.6 Å². The van der Waals surface area contributed by atoms with Crippen LogP contribution in [0.4, 0.5) is 5.82 Å². The number of hydrogen-bond acceptors (Lipinski definition) is 4. The molecule has 7 heteroatoms. The largest absolute Gasteiger partial charge is 0.372 e. The Hall–Kier alpha value is -1.11. The summed E-state index contributed by atoms with van der Waals surface area (Å²) in [5, 5.41) is 5.31. The smallest absolute Gasteiger partial charge is 0.255 e. The van der Waals surface area contributed by atoms with Crippen LogP contribution in [0.3, 0.4) is 0 Å². The van der Waals surface area contributed by atoms with Crippen molar-refractivity contribution >= 4 is 50.6 Å². The van der Waals surface area contributed by atoms with Gasteiger partial charge in [-0.05, 0) is 39.0 Å². The zero-order valence-corrected chi connectivity index (χ0v) is 14.1. The first-order chi connectivity index (χ1) is 9.51. The fourth-order valence-electron chi connectivity index (χ4n) is 1.73. The summed E-state index contributed by atoms with van der Waals surface area (Å²) in [5.74, 6) is 0.456. The number of hydrogen-bond donors (Lipinski definition) is 1. The molecule has 0 aliphatic heterocycles. The van der Waals surface area contributed by atoms with Crippen LogP contribution in [-0.4, -0.2) is 29.9 Å². The summed E-state index contributed by atoms with van der Waals surface area (Å²) in [5.41, 5.74) is 1.56. The van der Waals surface area contributed by atoms with Crippen molar-refractivity contribution < 1.29 is 4.79 Å². The lowest BCUT2D eigenvalue weighted by atomic mass is 10.2. The second-order valence-electron chi connectivity index (χ2n) is 4.22. The third kappa shape index (κ3) is 3.50. The third-order valence-corrected chi connectivity index (χ3v) is 4.55. The summed E-state index contributed by atoms with van der Waals surface area (Å²) >= 11 is 11.0. The van der Waals surface area contributed by atoms with Crippen molar-refractivity contribution in [3.63, 3.8) is 0 Å². The van der Waals surface area contributed by atoms with Gasteiger partial charge in [0.1, 0.15) is 5.82 Å². The normalized spacial score (nSPS) is 10.4. The first-order valence-electron chi connectivity index (χ1n) is 5.83. The van der Waals surface area contributed by atoms with Crippen LogP contribution in [0.25, 0.3) is 0 Å². The number of anilines is 1. The zero-order valence-electron chi connectivity index (χ0n) is 11.0. The van der Waals surface area contributed by atoms with Crippen LogP contribution in [0.1, 0.15) is 15.9 Å². The van der Waals surface area contributed by atoms with Crippen molar-refractivity contribution in [2.45, 2.75) is 6.54 Å². The van der Waals surface area contributed by atoms with E-state index in [1.165, 1.54) is 6.20 Å². The van der Waals surface area contributed by atoms with Gasteiger partial charge >= 0.3 is 0 Å². The van der Waals surface area contributed by atoms with Gasteiger partial charge in [0, 0.05) is 26.8 Å². The van der Waals surface area contributed by atoms with Crippen LogP contribution in [0.2, 0.25) is 5.02 Å². The molecule has 0 aromatic carbocycles. The Bertz CT molecular complexity index is 632. The van der Waals surface area contributed by atoms with Crippen LogP contribution in [0, 0.1) is 0 Å². The van der Waals surface area contributed by atoms with E-state index >= 15 is 0 Å². The molecule has 2 aromatic rings. The topological polar surface area (TPSA) is 45.2 Å². The van der Waals surface area contributed by atoms with Gasteiger partial charge in [0.15, 0.2) is 0 Å². The van der Waals surface area contributed by atoms with Crippen molar-refractivity contribution in [2.24, 2.45) is 0 Å². The number of nitrogens with one attached hydrogen (secondary N) is 1. The van der Waals surface area contributed by atoms with Gasteiger partial charge < -0.3 is 10.2 Å². The maximum Gasteiger partial charge on any atom is 0.255 e. The molecule has 0 radical (unpaired) electrons. The highest BCUT2D eigenvalue weighted by molar-refractivity contribution is 9.11. The summed E-state index contributed by atoms with van der Waals surface area (Å²) in [6, 6.07) is 3.63. The summed E-state index contributed by atoms with van der Waals surface area (Å²) in [6.45, 7) is 0.548. The van der Waals surface area contributed by atoms with Gasteiger partial charge in [-0.15, -0.1) is 11.3 Å². The fourth-order valence-corrected chi connectivity index (χ4v) is 3.19. The Morgan fingerprint density at radius 2 is 2.30 bits per heavy atom. The van der Waals surface area contributed by atoms with E-state index in [0.29, 0.717) is 22.9 Å². The molecule has 2 aromatic heterocycles.